The van der Waals surface area contributed by atoms with E-state index in [-0.39, 0.29) is 34.1 Å². The molecule has 0 unspecified atom stereocenters. The Morgan fingerprint density at radius 3 is 2.69 bits per heavy atom. The van der Waals surface area contributed by atoms with Gasteiger partial charge in [-0.1, -0.05) is 30.4 Å². The quantitative estimate of drug-likeness (QED) is 0.348. The Kier molecular flexibility index (Phi) is 7.50. The zero-order valence-electron chi connectivity index (χ0n) is 24.0. The minimum atomic E-state index is -3.91. The van der Waals surface area contributed by atoms with Gasteiger partial charge in [0.2, 0.25) is 15.9 Å². The molecule has 1 saturated carbocycles. The van der Waals surface area contributed by atoms with Gasteiger partial charge in [0.15, 0.2) is 10.9 Å². The van der Waals surface area contributed by atoms with Crippen molar-refractivity contribution in [1.29, 1.82) is 0 Å². The zero-order valence-corrected chi connectivity index (χ0v) is 25.7. The number of hydrogen-bond acceptors (Lipinski definition) is 9. The third-order valence-corrected chi connectivity index (χ3v) is 10.9. The van der Waals surface area contributed by atoms with Crippen molar-refractivity contribution in [2.75, 3.05) is 30.4 Å². The van der Waals surface area contributed by atoms with Gasteiger partial charge in [0.25, 0.3) is 0 Å². The Morgan fingerprint density at radius 2 is 1.95 bits per heavy atom. The first-order valence-corrected chi connectivity index (χ1v) is 16.5. The smallest absolute Gasteiger partial charge is 0.245 e. The molecule has 0 radical (unpaired) electrons. The van der Waals surface area contributed by atoms with Crippen molar-refractivity contribution in [3.8, 4) is 10.4 Å². The molecule has 3 aliphatic rings. The highest BCUT2D eigenvalue weighted by Crippen LogP contribution is 2.44. The molecule has 3 aromatic rings. The molecule has 220 valence electrons. The summed E-state index contributed by atoms with van der Waals surface area (Å²) >= 11 is 1.38. The number of carbonyl (C=O) groups excluding carboxylic acids is 2. The van der Waals surface area contributed by atoms with Gasteiger partial charge in [0.1, 0.15) is 11.6 Å². The number of nitrogens with one attached hydrogen (secondary N) is 3. The number of Topliss-reactive ketones (excluding diaryl/α,β-unsaturated/α-hetero) is 1. The molecule has 1 amide bonds. The molecule has 6 rings (SSSR count). The Morgan fingerprint density at radius 1 is 1.17 bits per heavy atom. The number of piperazine rings is 1. The van der Waals surface area contributed by atoms with Gasteiger partial charge in [0.05, 0.1) is 21.5 Å². The number of rotatable bonds is 8. The molecule has 2 aliphatic carbocycles. The highest BCUT2D eigenvalue weighted by Gasteiger charge is 2.37. The lowest BCUT2D eigenvalue weighted by atomic mass is 9.82. The normalized spacial score (nSPS) is 19.9. The Balaban J connectivity index is 1.33. The first-order chi connectivity index (χ1) is 20.1. The van der Waals surface area contributed by atoms with Crippen molar-refractivity contribution >= 4 is 49.8 Å². The van der Waals surface area contributed by atoms with Crippen LogP contribution in [-0.2, 0) is 21.2 Å². The molecule has 1 aromatic carbocycles. The van der Waals surface area contributed by atoms with E-state index in [2.05, 4.69) is 32.2 Å². The fraction of sp³-hybridized carbons (Fsp3) is 0.400. The van der Waals surface area contributed by atoms with Gasteiger partial charge in [-0.3, -0.25) is 14.5 Å². The fourth-order valence-corrected chi connectivity index (χ4v) is 7.72. The van der Waals surface area contributed by atoms with E-state index < -0.39 is 10.0 Å². The molecule has 2 fully saturated rings. The van der Waals surface area contributed by atoms with Crippen molar-refractivity contribution in [1.82, 2.24) is 20.0 Å². The summed E-state index contributed by atoms with van der Waals surface area (Å²) in [6.07, 6.45) is 4.68. The molecule has 3 N–H and O–H groups in total. The van der Waals surface area contributed by atoms with Crippen LogP contribution in [0, 0.1) is 18.8 Å². The summed E-state index contributed by atoms with van der Waals surface area (Å²) in [4.78, 5) is 38.1. The van der Waals surface area contributed by atoms with E-state index in [1.807, 2.05) is 44.2 Å². The van der Waals surface area contributed by atoms with Crippen molar-refractivity contribution in [3.05, 3.63) is 58.8 Å². The molecule has 0 bridgehead atoms. The van der Waals surface area contributed by atoms with Crippen molar-refractivity contribution < 1.29 is 18.0 Å². The van der Waals surface area contributed by atoms with E-state index >= 15 is 0 Å². The van der Waals surface area contributed by atoms with Gasteiger partial charge in [-0.25, -0.2) is 23.1 Å². The predicted molar refractivity (Wildman–Crippen MR) is 164 cm³/mol. The van der Waals surface area contributed by atoms with Gasteiger partial charge >= 0.3 is 0 Å². The maximum Gasteiger partial charge on any atom is 0.245 e. The first-order valence-electron chi connectivity index (χ1n) is 14.2. The average molecular weight is 607 g/mol. The van der Waals surface area contributed by atoms with Gasteiger partial charge in [0, 0.05) is 18.7 Å². The number of pyridine rings is 1. The number of fused-ring (bicyclic) bond motifs is 1. The summed E-state index contributed by atoms with van der Waals surface area (Å²) < 4.78 is 28.8. The Hall–Kier alpha value is -3.45. The number of allylic oxidation sites excluding steroid dienone is 2. The summed E-state index contributed by atoms with van der Waals surface area (Å²) in [5.74, 6) is 1.50. The van der Waals surface area contributed by atoms with Crippen LogP contribution in [0.1, 0.15) is 48.3 Å². The molecular formula is C30H34N6O4S2. The third kappa shape index (κ3) is 5.28. The van der Waals surface area contributed by atoms with Crippen LogP contribution >= 0.6 is 11.3 Å². The lowest BCUT2D eigenvalue weighted by Gasteiger charge is -2.30. The molecule has 0 spiro atoms. The van der Waals surface area contributed by atoms with Crippen LogP contribution in [0.25, 0.3) is 10.4 Å². The molecule has 42 heavy (non-hydrogen) atoms. The maximum absolute atomic E-state index is 13.7. The van der Waals surface area contributed by atoms with Crippen LogP contribution in [0.3, 0.4) is 0 Å². The number of carbonyl (C=O) groups is 2. The van der Waals surface area contributed by atoms with Crippen LogP contribution in [0.5, 0.6) is 0 Å². The zero-order chi connectivity index (χ0) is 29.8. The minimum Gasteiger partial charge on any atom is -0.316 e. The molecule has 1 aliphatic heterocycles. The summed E-state index contributed by atoms with van der Waals surface area (Å²) in [6, 6.07) is 8.69. The van der Waals surface area contributed by atoms with Crippen LogP contribution < -0.4 is 20.3 Å². The minimum absolute atomic E-state index is 0.00249. The van der Waals surface area contributed by atoms with E-state index in [0.717, 1.165) is 29.0 Å². The fourth-order valence-electron chi connectivity index (χ4n) is 5.77. The number of aromatic nitrogens is 2. The number of anilines is 3. The first kappa shape index (κ1) is 28.7. The monoisotopic (exact) mass is 606 g/mol. The topological polar surface area (TPSA) is 133 Å². The average Bonchev–Trinajstić information content (AvgIpc) is 3.76. The highest BCUT2D eigenvalue weighted by atomic mass is 32.2. The molecule has 1 saturated heterocycles. The number of nitrogens with zero attached hydrogens (tertiary/aromatic N) is 3. The second kappa shape index (κ2) is 11.0. The summed E-state index contributed by atoms with van der Waals surface area (Å²) in [5, 5.41) is 6.99. The number of thiazole rings is 1. The van der Waals surface area contributed by atoms with Crippen molar-refractivity contribution in [2.24, 2.45) is 11.8 Å². The van der Waals surface area contributed by atoms with Gasteiger partial charge in [-0.2, -0.15) is 0 Å². The van der Waals surface area contributed by atoms with E-state index in [0.29, 0.717) is 53.3 Å². The van der Waals surface area contributed by atoms with Gasteiger partial charge in [-0.05, 0) is 93.0 Å². The molecule has 3 heterocycles. The number of amides is 1. The summed E-state index contributed by atoms with van der Waals surface area (Å²) in [6.45, 7) is 7.00. The molecular weight excluding hydrogens is 573 g/mol. The third-order valence-electron chi connectivity index (χ3n) is 8.32. The number of aryl methyl sites for hydroxylation is 1. The van der Waals surface area contributed by atoms with Crippen LogP contribution in [-0.4, -0.2) is 56.3 Å². The highest BCUT2D eigenvalue weighted by molar-refractivity contribution is 7.89. The Bertz CT molecular complexity index is 1730. The number of hydrogen-bond donors (Lipinski definition) is 3. The Labute approximate surface area is 249 Å². The van der Waals surface area contributed by atoms with Crippen molar-refractivity contribution in [3.63, 3.8) is 0 Å². The van der Waals surface area contributed by atoms with Crippen LogP contribution in [0.2, 0.25) is 0 Å². The standard InChI is InChI=1S/C30H34N6O4S2/c1-16(19-8-9-19)22-11-10-20-14-21(15-23(26(20)27(22)37)42(39,40)31-4)28-17(2)33-30(41-28)35-24-6-5-7-25(34-24)36-13-12-32-18(3)29(36)38/h5-7,11,14-16,18-19,31-32H,8-10,12-13H2,1-4H3,(H,33,34,35)/t16-,18-/m0/s1. The lowest BCUT2D eigenvalue weighted by Crippen LogP contribution is -2.54. The van der Waals surface area contributed by atoms with Crippen LogP contribution in [0.4, 0.5) is 16.8 Å². The van der Waals surface area contributed by atoms with Gasteiger partial charge < -0.3 is 10.6 Å². The van der Waals surface area contributed by atoms with E-state index in [9.17, 15) is 18.0 Å². The number of ketones is 1. The number of benzene rings is 1. The summed E-state index contributed by atoms with van der Waals surface area (Å²) in [7, 11) is -2.55. The lowest BCUT2D eigenvalue weighted by molar-refractivity contribution is -0.121. The molecule has 2 aromatic heterocycles. The SMILES string of the molecule is CNS(=O)(=O)c1cc(-c2sc(Nc3cccc(N4CCN[C@@H](C)C4=O)n3)nc2C)cc2c1C(=O)C([C@@H](C)C1CC1)=CC2. The largest absolute Gasteiger partial charge is 0.316 e. The molecule has 2 atom stereocenters. The van der Waals surface area contributed by atoms with Gasteiger partial charge in [-0.15, -0.1) is 0 Å². The van der Waals surface area contributed by atoms with E-state index in [1.165, 1.54) is 18.4 Å². The molecule has 10 nitrogen and oxygen atoms in total. The van der Waals surface area contributed by atoms with E-state index in [1.54, 1.807) is 11.0 Å². The summed E-state index contributed by atoms with van der Waals surface area (Å²) in [5.41, 5.74) is 3.10. The number of sulfonamides is 1. The second-order valence-electron chi connectivity index (χ2n) is 11.1. The predicted octanol–water partition coefficient (Wildman–Crippen LogP) is 4.20. The molecule has 12 heteroatoms. The van der Waals surface area contributed by atoms with Crippen LogP contribution in [0.15, 0.2) is 46.9 Å². The van der Waals surface area contributed by atoms with E-state index in [4.69, 9.17) is 0 Å². The van der Waals surface area contributed by atoms with Crippen molar-refractivity contribution in [2.45, 2.75) is 51.0 Å². The maximum atomic E-state index is 13.7. The second-order valence-corrected chi connectivity index (χ2v) is 14.0.